The lowest BCUT2D eigenvalue weighted by atomic mass is 10.2. The molecule has 5 amide bonds. The zero-order valence-corrected chi connectivity index (χ0v) is 15.1. The Bertz CT molecular complexity index is 700. The van der Waals surface area contributed by atoms with Gasteiger partial charge in [-0.2, -0.15) is 0 Å². The molecule has 0 bridgehead atoms. The minimum absolute atomic E-state index is 0.0582. The van der Waals surface area contributed by atoms with Crippen molar-refractivity contribution in [1.82, 2.24) is 20.7 Å². The van der Waals surface area contributed by atoms with Crippen molar-refractivity contribution < 1.29 is 19.2 Å². The van der Waals surface area contributed by atoms with Gasteiger partial charge in [-0.05, 0) is 38.1 Å². The number of carbonyl (C=O) groups excluding carboxylic acids is 4. The smallest absolute Gasteiger partial charge is 0.327 e. The van der Waals surface area contributed by atoms with Crippen molar-refractivity contribution in [2.24, 2.45) is 0 Å². The fourth-order valence-electron chi connectivity index (χ4n) is 2.62. The molecule has 2 N–H and O–H groups in total. The van der Waals surface area contributed by atoms with Gasteiger partial charge in [0.25, 0.3) is 17.7 Å². The summed E-state index contributed by atoms with van der Waals surface area (Å²) in [5.41, 5.74) is 5.87. The highest BCUT2D eigenvalue weighted by atomic mass is 16.2. The van der Waals surface area contributed by atoms with Gasteiger partial charge in [0.15, 0.2) is 0 Å². The van der Waals surface area contributed by atoms with Gasteiger partial charge in [-0.1, -0.05) is 0 Å². The van der Waals surface area contributed by atoms with Crippen LogP contribution in [-0.2, 0) is 9.59 Å². The fraction of sp³-hybridized carbons (Fsp3) is 0.412. The van der Waals surface area contributed by atoms with Gasteiger partial charge in [0.05, 0.1) is 0 Å². The highest BCUT2D eigenvalue weighted by Gasteiger charge is 2.34. The Labute approximate surface area is 151 Å². The average Bonchev–Trinajstić information content (AvgIpc) is 2.87. The number of hydrazine groups is 1. The normalized spacial score (nSPS) is 13.8. The van der Waals surface area contributed by atoms with Crippen molar-refractivity contribution in [3.63, 3.8) is 0 Å². The molecule has 1 aliphatic heterocycles. The Morgan fingerprint density at radius 3 is 2.19 bits per heavy atom. The van der Waals surface area contributed by atoms with Gasteiger partial charge in [0.2, 0.25) is 0 Å². The third-order valence-corrected chi connectivity index (χ3v) is 4.11. The van der Waals surface area contributed by atoms with E-state index < -0.39 is 30.3 Å². The van der Waals surface area contributed by atoms with E-state index in [1.54, 1.807) is 12.1 Å². The summed E-state index contributed by atoms with van der Waals surface area (Å²) in [6, 6.07) is 6.46. The Morgan fingerprint density at radius 1 is 1.08 bits per heavy atom. The summed E-state index contributed by atoms with van der Waals surface area (Å²) in [5, 5.41) is 0. The standard InChI is InChI=1S/C17H23N5O4/c1-4-21(5-2)13-8-6-12(7-9-13)16(25)19-18-14(23)10-22-15(24)11-20(3)17(22)26/h6-9H,4-5,10-11H2,1-3H3,(H,18,23)(H,19,25). The quantitative estimate of drug-likeness (QED) is 0.556. The zero-order chi connectivity index (χ0) is 19.3. The van der Waals surface area contributed by atoms with Crippen molar-refractivity contribution in [1.29, 1.82) is 0 Å². The van der Waals surface area contributed by atoms with Crippen LogP contribution in [0.2, 0.25) is 0 Å². The van der Waals surface area contributed by atoms with Gasteiger partial charge < -0.3 is 9.80 Å². The molecule has 0 aliphatic carbocycles. The summed E-state index contributed by atoms with van der Waals surface area (Å²) in [5.74, 6) is -1.60. The molecule has 2 rings (SSSR count). The molecule has 0 unspecified atom stereocenters. The first-order valence-corrected chi connectivity index (χ1v) is 8.37. The average molecular weight is 361 g/mol. The van der Waals surface area contributed by atoms with Gasteiger partial charge in [-0.3, -0.25) is 30.1 Å². The largest absolute Gasteiger partial charge is 0.372 e. The topological polar surface area (TPSA) is 102 Å². The van der Waals surface area contributed by atoms with E-state index >= 15 is 0 Å². The molecular weight excluding hydrogens is 338 g/mol. The van der Waals surface area contributed by atoms with Gasteiger partial charge >= 0.3 is 6.03 Å². The second kappa shape index (κ2) is 8.32. The Hall–Kier alpha value is -3.10. The predicted molar refractivity (Wildman–Crippen MR) is 95.4 cm³/mol. The highest BCUT2D eigenvalue weighted by Crippen LogP contribution is 2.14. The number of urea groups is 1. The molecule has 0 spiro atoms. The van der Waals surface area contributed by atoms with E-state index in [1.807, 2.05) is 26.0 Å². The number of rotatable bonds is 6. The molecular formula is C17H23N5O4. The van der Waals surface area contributed by atoms with E-state index in [0.717, 1.165) is 23.7 Å². The van der Waals surface area contributed by atoms with Gasteiger partial charge in [-0.25, -0.2) is 4.79 Å². The van der Waals surface area contributed by atoms with Crippen LogP contribution in [0, 0.1) is 0 Å². The number of nitrogens with one attached hydrogen (secondary N) is 2. The number of anilines is 1. The van der Waals surface area contributed by atoms with Crippen molar-refractivity contribution in [2.45, 2.75) is 13.8 Å². The number of carbonyl (C=O) groups is 4. The van der Waals surface area contributed by atoms with Crippen LogP contribution >= 0.6 is 0 Å². The van der Waals surface area contributed by atoms with Crippen LogP contribution in [0.3, 0.4) is 0 Å². The first-order valence-electron chi connectivity index (χ1n) is 8.37. The lowest BCUT2D eigenvalue weighted by Gasteiger charge is -2.21. The van der Waals surface area contributed by atoms with Crippen LogP contribution in [0.5, 0.6) is 0 Å². The predicted octanol–water partition coefficient (Wildman–Crippen LogP) is 0.188. The lowest BCUT2D eigenvalue weighted by molar-refractivity contribution is -0.131. The zero-order valence-electron chi connectivity index (χ0n) is 15.1. The summed E-state index contributed by atoms with van der Waals surface area (Å²) in [6.07, 6.45) is 0. The van der Waals surface area contributed by atoms with Crippen LogP contribution in [0.4, 0.5) is 10.5 Å². The second-order valence-corrected chi connectivity index (χ2v) is 5.84. The highest BCUT2D eigenvalue weighted by molar-refractivity contribution is 6.04. The molecule has 26 heavy (non-hydrogen) atoms. The van der Waals surface area contributed by atoms with E-state index in [4.69, 9.17) is 0 Å². The van der Waals surface area contributed by atoms with E-state index in [0.29, 0.717) is 5.56 Å². The van der Waals surface area contributed by atoms with E-state index in [9.17, 15) is 19.2 Å². The molecule has 1 aliphatic rings. The third-order valence-electron chi connectivity index (χ3n) is 4.11. The van der Waals surface area contributed by atoms with Gasteiger partial charge in [0.1, 0.15) is 13.1 Å². The summed E-state index contributed by atoms with van der Waals surface area (Å²) < 4.78 is 0. The van der Waals surface area contributed by atoms with Crippen molar-refractivity contribution in [2.75, 3.05) is 38.1 Å². The molecule has 1 aromatic rings. The van der Waals surface area contributed by atoms with Crippen LogP contribution < -0.4 is 15.8 Å². The molecule has 1 aromatic carbocycles. The molecule has 0 atom stereocenters. The number of benzene rings is 1. The molecule has 1 heterocycles. The maximum absolute atomic E-state index is 12.1. The molecule has 0 aromatic heterocycles. The monoisotopic (exact) mass is 361 g/mol. The number of nitrogens with zero attached hydrogens (tertiary/aromatic N) is 3. The second-order valence-electron chi connectivity index (χ2n) is 5.84. The number of hydrogen-bond donors (Lipinski definition) is 2. The Kier molecular flexibility index (Phi) is 6.16. The summed E-state index contributed by atoms with van der Waals surface area (Å²) >= 11 is 0. The SMILES string of the molecule is CCN(CC)c1ccc(C(=O)NNC(=O)CN2C(=O)CN(C)C2=O)cc1. The molecule has 0 radical (unpaired) electrons. The summed E-state index contributed by atoms with van der Waals surface area (Å²) in [7, 11) is 1.47. The maximum atomic E-state index is 12.1. The number of amides is 5. The Morgan fingerprint density at radius 2 is 1.69 bits per heavy atom. The molecule has 1 saturated heterocycles. The first kappa shape index (κ1) is 19.2. The minimum atomic E-state index is -0.657. The molecule has 9 heteroatoms. The van der Waals surface area contributed by atoms with Crippen LogP contribution in [0.15, 0.2) is 24.3 Å². The van der Waals surface area contributed by atoms with Gasteiger partial charge in [-0.15, -0.1) is 0 Å². The molecule has 1 fully saturated rings. The number of hydrogen-bond acceptors (Lipinski definition) is 5. The molecule has 0 saturated carbocycles. The summed E-state index contributed by atoms with van der Waals surface area (Å²) in [6.45, 7) is 5.32. The lowest BCUT2D eigenvalue weighted by Crippen LogP contribution is -2.47. The van der Waals surface area contributed by atoms with E-state index in [1.165, 1.54) is 11.9 Å². The third kappa shape index (κ3) is 4.29. The molecule has 9 nitrogen and oxygen atoms in total. The van der Waals surface area contributed by atoms with E-state index in [-0.39, 0.29) is 6.54 Å². The van der Waals surface area contributed by atoms with Gasteiger partial charge in [0, 0.05) is 31.4 Å². The summed E-state index contributed by atoms with van der Waals surface area (Å²) in [4.78, 5) is 51.5. The first-order chi connectivity index (χ1) is 12.4. The van der Waals surface area contributed by atoms with E-state index in [2.05, 4.69) is 15.8 Å². The van der Waals surface area contributed by atoms with Crippen molar-refractivity contribution in [3.05, 3.63) is 29.8 Å². The fourth-order valence-corrected chi connectivity index (χ4v) is 2.62. The van der Waals surface area contributed by atoms with Crippen molar-refractivity contribution >= 4 is 29.4 Å². The minimum Gasteiger partial charge on any atom is -0.372 e. The van der Waals surface area contributed by atoms with Crippen molar-refractivity contribution in [3.8, 4) is 0 Å². The Balaban J connectivity index is 1.87. The van der Waals surface area contributed by atoms with Crippen LogP contribution in [-0.4, -0.2) is 66.8 Å². The number of imide groups is 1. The maximum Gasteiger partial charge on any atom is 0.327 e. The molecule has 140 valence electrons. The van der Waals surface area contributed by atoms with Crippen LogP contribution in [0.1, 0.15) is 24.2 Å². The van der Waals surface area contributed by atoms with Crippen LogP contribution in [0.25, 0.3) is 0 Å². The number of likely N-dealkylation sites (N-methyl/N-ethyl adjacent to an activating group) is 1.